The van der Waals surface area contributed by atoms with Crippen molar-refractivity contribution in [1.29, 1.82) is 0 Å². The van der Waals surface area contributed by atoms with Gasteiger partial charge in [-0.1, -0.05) is 91.0 Å². The van der Waals surface area contributed by atoms with Crippen molar-refractivity contribution in [2.24, 2.45) is 0 Å². The zero-order valence-electron chi connectivity index (χ0n) is 22.9. The monoisotopic (exact) mass is 566 g/mol. The Kier molecular flexibility index (Phi) is 4.63. The number of hydrogen-bond donors (Lipinski definition) is 0. The van der Waals surface area contributed by atoms with E-state index in [0.717, 1.165) is 38.5 Å². The Balaban J connectivity index is 1.38. The Morgan fingerprint density at radius 1 is 0.465 bits per heavy atom. The Morgan fingerprint density at radius 2 is 1.09 bits per heavy atom. The second kappa shape index (κ2) is 8.57. The number of fused-ring (bicyclic) bond motifs is 10. The van der Waals surface area contributed by atoms with E-state index in [1.54, 1.807) is 6.26 Å². The molecule has 10 aromatic rings. The van der Waals surface area contributed by atoms with E-state index in [4.69, 9.17) is 8.83 Å². The lowest BCUT2D eigenvalue weighted by molar-refractivity contribution is 0.600. The lowest BCUT2D eigenvalue weighted by Gasteiger charge is -2.18. The van der Waals surface area contributed by atoms with Crippen LogP contribution in [0.25, 0.3) is 96.9 Å². The van der Waals surface area contributed by atoms with Crippen molar-refractivity contribution in [1.82, 2.24) is 0 Å². The Labute approximate surface area is 250 Å². The molecule has 3 heterocycles. The highest BCUT2D eigenvalue weighted by molar-refractivity contribution is 7.25. The molecule has 0 saturated heterocycles. The van der Waals surface area contributed by atoms with Crippen LogP contribution in [0.4, 0.5) is 0 Å². The van der Waals surface area contributed by atoms with Crippen LogP contribution in [-0.4, -0.2) is 0 Å². The van der Waals surface area contributed by atoms with Gasteiger partial charge in [-0.05, 0) is 80.2 Å². The molecule has 0 aliphatic heterocycles. The first-order chi connectivity index (χ1) is 21.3. The van der Waals surface area contributed by atoms with Gasteiger partial charge in [0, 0.05) is 36.3 Å². The minimum Gasteiger partial charge on any atom is -0.460 e. The van der Waals surface area contributed by atoms with E-state index in [0.29, 0.717) is 0 Å². The number of rotatable bonds is 2. The van der Waals surface area contributed by atoms with Crippen molar-refractivity contribution < 1.29 is 8.83 Å². The molecule has 0 spiro atoms. The number of para-hydroxylation sites is 1. The molecule has 3 aromatic heterocycles. The molecule has 0 radical (unpaired) electrons. The summed E-state index contributed by atoms with van der Waals surface area (Å²) < 4.78 is 15.1. The van der Waals surface area contributed by atoms with E-state index in [1.807, 2.05) is 29.5 Å². The zero-order chi connectivity index (χ0) is 28.1. The number of benzene rings is 7. The fraction of sp³-hybridized carbons (Fsp3) is 0. The summed E-state index contributed by atoms with van der Waals surface area (Å²) in [4.78, 5) is 0. The third-order valence-corrected chi connectivity index (χ3v) is 10.1. The molecule has 0 aliphatic rings. The van der Waals surface area contributed by atoms with Crippen LogP contribution in [-0.2, 0) is 0 Å². The van der Waals surface area contributed by atoms with Gasteiger partial charge in [0.2, 0.25) is 0 Å². The Bertz CT molecular complexity index is 2680. The second-order valence-electron chi connectivity index (χ2n) is 11.2. The molecular formula is C40H22O2S. The maximum atomic E-state index is 6.48. The van der Waals surface area contributed by atoms with Crippen molar-refractivity contribution in [3.63, 3.8) is 0 Å². The van der Waals surface area contributed by atoms with Crippen LogP contribution in [0.1, 0.15) is 0 Å². The lowest BCUT2D eigenvalue weighted by atomic mass is 9.84. The molecule has 0 aliphatic carbocycles. The quantitative estimate of drug-likeness (QED) is 0.195. The number of thiophene rings is 1. The topological polar surface area (TPSA) is 26.3 Å². The van der Waals surface area contributed by atoms with Crippen LogP contribution in [0.15, 0.2) is 142 Å². The van der Waals surface area contributed by atoms with Crippen LogP contribution >= 0.6 is 11.3 Å². The van der Waals surface area contributed by atoms with Crippen LogP contribution in [0.2, 0.25) is 0 Å². The minimum absolute atomic E-state index is 0.788. The highest BCUT2D eigenvalue weighted by Gasteiger charge is 2.23. The molecule has 43 heavy (non-hydrogen) atoms. The fourth-order valence-corrected chi connectivity index (χ4v) is 8.21. The summed E-state index contributed by atoms with van der Waals surface area (Å²) in [6.45, 7) is 0. The van der Waals surface area contributed by atoms with E-state index in [2.05, 4.69) is 109 Å². The van der Waals surface area contributed by atoms with E-state index in [9.17, 15) is 0 Å². The predicted octanol–water partition coefficient (Wildman–Crippen LogP) is 12.3. The van der Waals surface area contributed by atoms with Crippen molar-refractivity contribution in [3.05, 3.63) is 134 Å². The molecular weight excluding hydrogens is 545 g/mol. The van der Waals surface area contributed by atoms with Gasteiger partial charge in [0.05, 0.1) is 6.26 Å². The smallest absolute Gasteiger partial charge is 0.179 e. The average Bonchev–Trinajstić information content (AvgIpc) is 3.78. The third kappa shape index (κ3) is 3.17. The van der Waals surface area contributed by atoms with Gasteiger partial charge in [0.25, 0.3) is 0 Å². The van der Waals surface area contributed by atoms with E-state index in [-0.39, 0.29) is 0 Å². The molecule has 0 atom stereocenters. The fourth-order valence-electron chi connectivity index (χ4n) is 7.13. The predicted molar refractivity (Wildman–Crippen MR) is 182 cm³/mol. The van der Waals surface area contributed by atoms with Gasteiger partial charge < -0.3 is 8.83 Å². The van der Waals surface area contributed by atoms with Crippen molar-refractivity contribution in [2.45, 2.75) is 0 Å². The van der Waals surface area contributed by atoms with Gasteiger partial charge in [-0.25, -0.2) is 0 Å². The molecule has 0 saturated carbocycles. The largest absolute Gasteiger partial charge is 0.460 e. The van der Waals surface area contributed by atoms with Gasteiger partial charge in [0.15, 0.2) is 11.2 Å². The van der Waals surface area contributed by atoms with Crippen LogP contribution in [0.5, 0.6) is 0 Å². The Morgan fingerprint density at radius 3 is 1.86 bits per heavy atom. The molecule has 0 unspecified atom stereocenters. The first-order valence-corrected chi connectivity index (χ1v) is 15.3. The molecule has 0 amide bonds. The van der Waals surface area contributed by atoms with Gasteiger partial charge in [0.1, 0.15) is 5.58 Å². The first-order valence-electron chi connectivity index (χ1n) is 14.5. The summed E-state index contributed by atoms with van der Waals surface area (Å²) in [6.07, 6.45) is 1.75. The normalized spacial score (nSPS) is 12.2. The maximum absolute atomic E-state index is 6.48. The summed E-state index contributed by atoms with van der Waals surface area (Å²) in [5.74, 6) is 0. The third-order valence-electron chi connectivity index (χ3n) is 8.93. The maximum Gasteiger partial charge on any atom is 0.179 e. The van der Waals surface area contributed by atoms with Crippen LogP contribution < -0.4 is 0 Å². The van der Waals surface area contributed by atoms with Crippen molar-refractivity contribution in [2.75, 3.05) is 0 Å². The lowest BCUT2D eigenvalue weighted by Crippen LogP contribution is -1.91. The molecule has 3 heteroatoms. The van der Waals surface area contributed by atoms with Gasteiger partial charge in [-0.15, -0.1) is 11.3 Å². The van der Waals surface area contributed by atoms with Crippen molar-refractivity contribution in [3.8, 4) is 22.3 Å². The highest BCUT2D eigenvalue weighted by Crippen LogP contribution is 2.49. The Hall–Kier alpha value is -5.38. The van der Waals surface area contributed by atoms with Gasteiger partial charge in [-0.3, -0.25) is 0 Å². The van der Waals surface area contributed by atoms with E-state index < -0.39 is 0 Å². The molecule has 0 N–H and O–H groups in total. The standard InChI is InChI=1S/C40H22O2S/c1-3-12-28-26(10-1)36(23-17-18-35-31(21-23)25-9-6-8-16-34(25)43-35)27-11-2-4-13-29(27)37(28)32-22-24-19-20-41-39(24)40-38(32)30-14-5-7-15-33(30)42-40/h1-22H. The van der Waals surface area contributed by atoms with Crippen molar-refractivity contribution >= 4 is 86.0 Å². The summed E-state index contributed by atoms with van der Waals surface area (Å²) >= 11 is 1.86. The number of hydrogen-bond acceptors (Lipinski definition) is 3. The number of furan rings is 2. The molecule has 2 nitrogen and oxygen atoms in total. The van der Waals surface area contributed by atoms with E-state index >= 15 is 0 Å². The SMILES string of the molecule is c1ccc2c(c1)oc1c3occc3cc(-c3c4ccccc4c(-c4ccc5sc6ccccc6c5c4)c4ccccc34)c21. The summed E-state index contributed by atoms with van der Waals surface area (Å²) in [5, 5.41) is 10.8. The molecule has 0 fully saturated rings. The average molecular weight is 567 g/mol. The van der Waals surface area contributed by atoms with E-state index in [1.165, 1.54) is 58.4 Å². The first kappa shape index (κ1) is 23.2. The molecule has 0 bridgehead atoms. The van der Waals surface area contributed by atoms with Gasteiger partial charge in [-0.2, -0.15) is 0 Å². The van der Waals surface area contributed by atoms with Crippen LogP contribution in [0.3, 0.4) is 0 Å². The summed E-state index contributed by atoms with van der Waals surface area (Å²) in [7, 11) is 0. The summed E-state index contributed by atoms with van der Waals surface area (Å²) in [5.41, 5.74) is 7.33. The summed E-state index contributed by atoms with van der Waals surface area (Å²) in [6, 6.07) is 46.0. The minimum atomic E-state index is 0.788. The van der Waals surface area contributed by atoms with Gasteiger partial charge >= 0.3 is 0 Å². The highest BCUT2D eigenvalue weighted by atomic mass is 32.1. The molecule has 7 aromatic carbocycles. The van der Waals surface area contributed by atoms with Crippen LogP contribution in [0, 0.1) is 0 Å². The second-order valence-corrected chi connectivity index (χ2v) is 12.3. The zero-order valence-corrected chi connectivity index (χ0v) is 23.7. The molecule has 200 valence electrons. The molecule has 10 rings (SSSR count).